The molecule has 3 rings (SSSR count). The number of likely N-dealkylation sites (tertiary alicyclic amines) is 1. The molecule has 7 heteroatoms. The number of rotatable bonds is 7. The number of esters is 1. The number of Topliss-reactive ketones (excluding diaryl/α,β-unsaturated/α-hetero) is 1. The second-order valence-electron chi connectivity index (χ2n) is 9.49. The Bertz CT molecular complexity index is 980. The summed E-state index contributed by atoms with van der Waals surface area (Å²) in [7, 11) is 1.55. The summed E-state index contributed by atoms with van der Waals surface area (Å²) < 4.78 is 16.5. The van der Waals surface area contributed by atoms with E-state index in [2.05, 4.69) is 0 Å². The van der Waals surface area contributed by atoms with Gasteiger partial charge < -0.3 is 19.1 Å². The third-order valence-corrected chi connectivity index (χ3v) is 5.97. The quantitative estimate of drug-likeness (QED) is 0.532. The SMILES string of the molecule is COc1ccc(C(=O)O[C@@H]2CCCN(C(=O)OCc3ccccc3)[C@H]2CC(=O)C(C)(C)C)cc1. The van der Waals surface area contributed by atoms with E-state index in [9.17, 15) is 14.4 Å². The first-order valence-electron chi connectivity index (χ1n) is 11.5. The van der Waals surface area contributed by atoms with Gasteiger partial charge in [0.1, 0.15) is 24.2 Å². The molecule has 0 aromatic heterocycles. The van der Waals surface area contributed by atoms with Crippen molar-refractivity contribution in [2.75, 3.05) is 13.7 Å². The lowest BCUT2D eigenvalue weighted by atomic mass is 9.84. The zero-order valence-corrected chi connectivity index (χ0v) is 20.3. The summed E-state index contributed by atoms with van der Waals surface area (Å²) >= 11 is 0. The summed E-state index contributed by atoms with van der Waals surface area (Å²) in [4.78, 5) is 40.3. The number of benzene rings is 2. The molecule has 1 aliphatic rings. The van der Waals surface area contributed by atoms with Gasteiger partial charge in [0.05, 0.1) is 18.7 Å². The molecule has 1 heterocycles. The summed E-state index contributed by atoms with van der Waals surface area (Å²) in [6.07, 6.45) is 0.165. The summed E-state index contributed by atoms with van der Waals surface area (Å²) in [6, 6.07) is 15.4. The maximum atomic E-state index is 13.0. The van der Waals surface area contributed by atoms with E-state index in [1.165, 1.54) is 0 Å². The minimum absolute atomic E-state index is 0.00856. The topological polar surface area (TPSA) is 82.1 Å². The van der Waals surface area contributed by atoms with E-state index in [4.69, 9.17) is 14.2 Å². The first-order chi connectivity index (χ1) is 16.2. The van der Waals surface area contributed by atoms with E-state index in [1.807, 2.05) is 51.1 Å². The number of piperidine rings is 1. The van der Waals surface area contributed by atoms with Crippen LogP contribution in [0.25, 0.3) is 0 Å². The van der Waals surface area contributed by atoms with Crippen LogP contribution >= 0.6 is 0 Å². The standard InChI is InChI=1S/C27H33NO6/c1-27(2,3)24(29)17-22-23(34-25(30)20-12-14-21(32-4)15-13-20)11-8-16-28(22)26(31)33-18-19-9-6-5-7-10-19/h5-7,9-10,12-15,22-23H,8,11,16-18H2,1-4H3/t22-,23+/m0/s1. The van der Waals surface area contributed by atoms with Crippen molar-refractivity contribution in [3.63, 3.8) is 0 Å². The van der Waals surface area contributed by atoms with Gasteiger partial charge in [-0.3, -0.25) is 4.79 Å². The lowest BCUT2D eigenvalue weighted by Crippen LogP contribution is -2.54. The van der Waals surface area contributed by atoms with Crippen LogP contribution in [0.4, 0.5) is 4.79 Å². The van der Waals surface area contributed by atoms with Gasteiger partial charge in [-0.15, -0.1) is 0 Å². The number of ether oxygens (including phenoxy) is 3. The van der Waals surface area contributed by atoms with Crippen LogP contribution in [0.3, 0.4) is 0 Å². The fraction of sp³-hybridized carbons (Fsp3) is 0.444. The lowest BCUT2D eigenvalue weighted by molar-refractivity contribution is -0.129. The molecule has 0 bridgehead atoms. The van der Waals surface area contributed by atoms with Gasteiger partial charge in [-0.1, -0.05) is 51.1 Å². The highest BCUT2D eigenvalue weighted by Crippen LogP contribution is 2.29. The van der Waals surface area contributed by atoms with Gasteiger partial charge in [0.25, 0.3) is 0 Å². The molecule has 0 N–H and O–H groups in total. The molecule has 2 aromatic carbocycles. The van der Waals surface area contributed by atoms with Gasteiger partial charge in [0.2, 0.25) is 0 Å². The zero-order valence-electron chi connectivity index (χ0n) is 20.3. The van der Waals surface area contributed by atoms with E-state index >= 15 is 0 Å². The normalized spacial score (nSPS) is 18.2. The summed E-state index contributed by atoms with van der Waals surface area (Å²) in [5.74, 6) is 0.126. The Labute approximate surface area is 201 Å². The lowest BCUT2D eigenvalue weighted by Gasteiger charge is -2.40. The first kappa shape index (κ1) is 25.3. The Hall–Kier alpha value is -3.35. The van der Waals surface area contributed by atoms with Crippen molar-refractivity contribution in [2.24, 2.45) is 5.41 Å². The number of amides is 1. The summed E-state index contributed by atoms with van der Waals surface area (Å²) in [6.45, 7) is 6.09. The van der Waals surface area contributed by atoms with Crippen molar-refractivity contribution in [1.82, 2.24) is 4.90 Å². The average molecular weight is 468 g/mol. The van der Waals surface area contributed by atoms with E-state index in [0.29, 0.717) is 30.7 Å². The fourth-order valence-electron chi connectivity index (χ4n) is 3.86. The third kappa shape index (κ3) is 6.59. The fourth-order valence-corrected chi connectivity index (χ4v) is 3.86. The van der Waals surface area contributed by atoms with Gasteiger partial charge in [-0.2, -0.15) is 0 Å². The van der Waals surface area contributed by atoms with Crippen LogP contribution in [0.15, 0.2) is 54.6 Å². The van der Waals surface area contributed by atoms with Gasteiger partial charge in [-0.05, 0) is 42.7 Å². The smallest absolute Gasteiger partial charge is 0.410 e. The molecule has 0 saturated carbocycles. The molecule has 1 amide bonds. The Morgan fingerprint density at radius 2 is 1.68 bits per heavy atom. The van der Waals surface area contributed by atoms with Crippen molar-refractivity contribution in [3.05, 3.63) is 65.7 Å². The van der Waals surface area contributed by atoms with E-state index < -0.39 is 29.6 Å². The van der Waals surface area contributed by atoms with Crippen molar-refractivity contribution in [2.45, 2.75) is 58.8 Å². The van der Waals surface area contributed by atoms with Crippen LogP contribution in [0, 0.1) is 5.41 Å². The van der Waals surface area contributed by atoms with E-state index in [1.54, 1.807) is 36.3 Å². The van der Waals surface area contributed by atoms with Crippen molar-refractivity contribution >= 4 is 17.8 Å². The first-order valence-corrected chi connectivity index (χ1v) is 11.5. The number of carbonyl (C=O) groups excluding carboxylic acids is 3. The Morgan fingerprint density at radius 1 is 1.00 bits per heavy atom. The van der Waals surface area contributed by atoms with E-state index in [0.717, 1.165) is 5.56 Å². The minimum atomic E-state index is -0.612. The molecular formula is C27H33NO6. The minimum Gasteiger partial charge on any atom is -0.497 e. The Kier molecular flexibility index (Phi) is 8.31. The number of hydrogen-bond donors (Lipinski definition) is 0. The number of nitrogens with zero attached hydrogens (tertiary/aromatic N) is 1. The van der Waals surface area contributed by atoms with Crippen molar-refractivity contribution in [3.8, 4) is 5.75 Å². The number of carbonyl (C=O) groups is 3. The second-order valence-corrected chi connectivity index (χ2v) is 9.49. The molecule has 1 fully saturated rings. The van der Waals surface area contributed by atoms with Gasteiger partial charge in [0.15, 0.2) is 0 Å². The van der Waals surface area contributed by atoms with Crippen LogP contribution in [0.2, 0.25) is 0 Å². The van der Waals surface area contributed by atoms with Crippen LogP contribution in [0.1, 0.15) is 56.0 Å². The Morgan fingerprint density at radius 3 is 2.29 bits per heavy atom. The van der Waals surface area contributed by atoms with Crippen molar-refractivity contribution < 1.29 is 28.6 Å². The number of hydrogen-bond acceptors (Lipinski definition) is 6. The highest BCUT2D eigenvalue weighted by atomic mass is 16.6. The van der Waals surface area contributed by atoms with Gasteiger partial charge >= 0.3 is 12.1 Å². The molecule has 0 aliphatic carbocycles. The molecule has 34 heavy (non-hydrogen) atoms. The second kappa shape index (κ2) is 11.2. The molecule has 2 aromatic rings. The summed E-state index contributed by atoms with van der Waals surface area (Å²) in [5, 5.41) is 0. The Balaban J connectivity index is 1.76. The van der Waals surface area contributed by atoms with Crippen molar-refractivity contribution in [1.29, 1.82) is 0 Å². The van der Waals surface area contributed by atoms with E-state index in [-0.39, 0.29) is 18.8 Å². The van der Waals surface area contributed by atoms with Crippen LogP contribution in [-0.2, 0) is 20.9 Å². The highest BCUT2D eigenvalue weighted by molar-refractivity contribution is 5.90. The molecular weight excluding hydrogens is 434 g/mol. The maximum absolute atomic E-state index is 13.0. The molecule has 0 radical (unpaired) electrons. The largest absolute Gasteiger partial charge is 0.497 e. The predicted octanol–water partition coefficient (Wildman–Crippen LogP) is 5.03. The monoisotopic (exact) mass is 467 g/mol. The van der Waals surface area contributed by atoms with Gasteiger partial charge in [-0.25, -0.2) is 9.59 Å². The highest BCUT2D eigenvalue weighted by Gasteiger charge is 2.40. The van der Waals surface area contributed by atoms with Crippen LogP contribution in [0.5, 0.6) is 5.75 Å². The predicted molar refractivity (Wildman–Crippen MR) is 128 cm³/mol. The molecule has 0 unspecified atom stereocenters. The third-order valence-electron chi connectivity index (χ3n) is 5.97. The number of methoxy groups -OCH3 is 1. The molecule has 7 nitrogen and oxygen atoms in total. The average Bonchev–Trinajstić information content (AvgIpc) is 2.83. The summed E-state index contributed by atoms with van der Waals surface area (Å²) in [5.41, 5.74) is 0.671. The molecule has 1 aliphatic heterocycles. The molecule has 1 saturated heterocycles. The molecule has 182 valence electrons. The maximum Gasteiger partial charge on any atom is 0.410 e. The molecule has 2 atom stereocenters. The number of ketones is 1. The van der Waals surface area contributed by atoms with Crippen LogP contribution < -0.4 is 4.74 Å². The molecule has 0 spiro atoms. The van der Waals surface area contributed by atoms with Gasteiger partial charge in [0, 0.05) is 18.4 Å². The zero-order chi connectivity index (χ0) is 24.7. The van der Waals surface area contributed by atoms with Crippen LogP contribution in [-0.4, -0.2) is 48.5 Å².